The lowest BCUT2D eigenvalue weighted by molar-refractivity contribution is -0.114. The number of anilines is 1. The van der Waals surface area contributed by atoms with Crippen molar-refractivity contribution < 1.29 is 18.0 Å². The van der Waals surface area contributed by atoms with Crippen LogP contribution in [0.15, 0.2) is 29.4 Å². The fraction of sp³-hybridized carbons (Fsp3) is 0.333. The van der Waals surface area contributed by atoms with E-state index in [-0.39, 0.29) is 6.54 Å². The molecule has 0 unspecified atom stereocenters. The van der Waals surface area contributed by atoms with Crippen LogP contribution in [0.5, 0.6) is 0 Å². The summed E-state index contributed by atoms with van der Waals surface area (Å²) in [6.45, 7) is 2.59. The van der Waals surface area contributed by atoms with Crippen LogP contribution in [-0.4, -0.2) is 41.5 Å². The van der Waals surface area contributed by atoms with Crippen LogP contribution in [0, 0.1) is 17.5 Å². The van der Waals surface area contributed by atoms with Crippen molar-refractivity contribution in [1.82, 2.24) is 14.8 Å². The smallest absolute Gasteiger partial charge is 0.246 e. The summed E-state index contributed by atoms with van der Waals surface area (Å²) >= 11 is 5.98. The molecule has 6 nitrogen and oxygen atoms in total. The van der Waals surface area contributed by atoms with Gasteiger partial charge in [-0.05, 0) is 25.1 Å². The third-order valence-electron chi connectivity index (χ3n) is 3.85. The predicted octanol–water partition coefficient (Wildman–Crippen LogP) is 3.13. The fourth-order valence-electron chi connectivity index (χ4n) is 2.47. The van der Waals surface area contributed by atoms with Crippen molar-refractivity contribution in [3.05, 3.63) is 52.6 Å². The van der Waals surface area contributed by atoms with Gasteiger partial charge in [-0.3, -0.25) is 4.79 Å². The fourth-order valence-corrected chi connectivity index (χ4v) is 2.74. The zero-order chi connectivity index (χ0) is 20.8. The van der Waals surface area contributed by atoms with Gasteiger partial charge in [0.15, 0.2) is 23.4 Å². The number of rotatable bonds is 6. The number of carbonyl (C=O) groups is 1. The summed E-state index contributed by atoms with van der Waals surface area (Å²) in [5.74, 6) is -4.65. The molecule has 0 aliphatic heterocycles. The third kappa shape index (κ3) is 5.41. The molecule has 1 amide bonds. The van der Waals surface area contributed by atoms with Gasteiger partial charge in [-0.1, -0.05) is 11.6 Å². The quantitative estimate of drug-likeness (QED) is 0.433. The molecule has 10 heteroatoms. The number of hydrogen-bond donors (Lipinski definition) is 2. The number of amides is 1. The second-order valence-electron chi connectivity index (χ2n) is 6.06. The van der Waals surface area contributed by atoms with E-state index in [9.17, 15) is 18.0 Å². The van der Waals surface area contributed by atoms with Gasteiger partial charge in [0.25, 0.3) is 0 Å². The minimum atomic E-state index is -1.64. The standard InChI is InChI=1S/C18H21ClF3N5O/c1-4-23-18(27(3)10-12-7-11(19)9-26(12)2)24-8-15(28)25-14-6-5-13(20)16(21)17(14)22/h5-7,9H,4,8,10H2,1-3H3,(H,23,24)(H,25,28). The van der Waals surface area contributed by atoms with Crippen LogP contribution in [0.2, 0.25) is 5.02 Å². The summed E-state index contributed by atoms with van der Waals surface area (Å²) in [4.78, 5) is 18.0. The van der Waals surface area contributed by atoms with Crippen molar-refractivity contribution in [2.75, 3.05) is 25.5 Å². The number of aliphatic imine (C=N–C) groups is 1. The normalized spacial score (nSPS) is 11.5. The zero-order valence-electron chi connectivity index (χ0n) is 15.7. The highest BCUT2D eigenvalue weighted by Crippen LogP contribution is 2.19. The molecule has 2 rings (SSSR count). The van der Waals surface area contributed by atoms with E-state index in [1.807, 2.05) is 24.6 Å². The minimum absolute atomic E-state index is 0.334. The van der Waals surface area contributed by atoms with E-state index < -0.39 is 29.0 Å². The topological polar surface area (TPSA) is 61.7 Å². The number of hydrogen-bond acceptors (Lipinski definition) is 2. The molecule has 0 radical (unpaired) electrons. The molecule has 1 heterocycles. The highest BCUT2D eigenvalue weighted by molar-refractivity contribution is 6.30. The average molecular weight is 416 g/mol. The van der Waals surface area contributed by atoms with Crippen molar-refractivity contribution in [3.63, 3.8) is 0 Å². The Morgan fingerprint density at radius 1 is 1.29 bits per heavy atom. The van der Waals surface area contributed by atoms with Crippen LogP contribution in [0.3, 0.4) is 0 Å². The first-order valence-corrected chi connectivity index (χ1v) is 8.84. The Morgan fingerprint density at radius 3 is 2.61 bits per heavy atom. The Hall–Kier alpha value is -2.68. The lowest BCUT2D eigenvalue weighted by Crippen LogP contribution is -2.39. The SMILES string of the molecule is CCNC(=NCC(=O)Nc1ccc(F)c(F)c1F)N(C)Cc1cc(Cl)cn1C. The molecule has 2 aromatic rings. The highest BCUT2D eigenvalue weighted by Gasteiger charge is 2.16. The van der Waals surface area contributed by atoms with Crippen molar-refractivity contribution in [1.29, 1.82) is 0 Å². The predicted molar refractivity (Wildman–Crippen MR) is 103 cm³/mol. The van der Waals surface area contributed by atoms with Crippen molar-refractivity contribution in [2.24, 2.45) is 12.0 Å². The summed E-state index contributed by atoms with van der Waals surface area (Å²) in [6.07, 6.45) is 1.78. The maximum Gasteiger partial charge on any atom is 0.246 e. The van der Waals surface area contributed by atoms with Gasteiger partial charge in [0.05, 0.1) is 17.3 Å². The maximum atomic E-state index is 13.7. The molecular formula is C18H21ClF3N5O. The van der Waals surface area contributed by atoms with Gasteiger partial charge in [-0.25, -0.2) is 18.2 Å². The van der Waals surface area contributed by atoms with E-state index in [1.165, 1.54) is 0 Å². The van der Waals surface area contributed by atoms with E-state index in [0.29, 0.717) is 24.1 Å². The van der Waals surface area contributed by atoms with Gasteiger partial charge >= 0.3 is 0 Å². The van der Waals surface area contributed by atoms with Crippen molar-refractivity contribution >= 4 is 29.2 Å². The molecule has 152 valence electrons. The molecule has 1 aromatic carbocycles. The molecule has 0 aliphatic rings. The molecule has 0 aliphatic carbocycles. The lowest BCUT2D eigenvalue weighted by Gasteiger charge is -2.22. The maximum absolute atomic E-state index is 13.7. The summed E-state index contributed by atoms with van der Waals surface area (Å²) in [6, 6.07) is 3.51. The Labute approximate surface area is 166 Å². The van der Waals surface area contributed by atoms with Crippen LogP contribution in [0.1, 0.15) is 12.6 Å². The third-order valence-corrected chi connectivity index (χ3v) is 4.06. The Morgan fingerprint density at radius 2 is 2.00 bits per heavy atom. The van der Waals surface area contributed by atoms with Gasteiger partial charge in [-0.2, -0.15) is 0 Å². The molecule has 0 saturated heterocycles. The molecule has 28 heavy (non-hydrogen) atoms. The molecule has 0 atom stereocenters. The van der Waals surface area contributed by atoms with Crippen LogP contribution in [-0.2, 0) is 18.4 Å². The first kappa shape index (κ1) is 21.6. The second kappa shape index (κ2) is 9.50. The highest BCUT2D eigenvalue weighted by atomic mass is 35.5. The number of aryl methyl sites for hydroxylation is 1. The van der Waals surface area contributed by atoms with Gasteiger partial charge < -0.3 is 20.1 Å². The zero-order valence-corrected chi connectivity index (χ0v) is 16.4. The van der Waals surface area contributed by atoms with Gasteiger partial charge in [0.2, 0.25) is 5.91 Å². The average Bonchev–Trinajstić information content (AvgIpc) is 2.96. The van der Waals surface area contributed by atoms with Gasteiger partial charge in [0, 0.05) is 32.5 Å². The number of aromatic nitrogens is 1. The lowest BCUT2D eigenvalue weighted by atomic mass is 10.3. The number of benzene rings is 1. The number of guanidine groups is 1. The summed E-state index contributed by atoms with van der Waals surface area (Å²) in [7, 11) is 3.65. The summed E-state index contributed by atoms with van der Waals surface area (Å²) in [5.41, 5.74) is 0.488. The van der Waals surface area contributed by atoms with Crippen LogP contribution >= 0.6 is 11.6 Å². The van der Waals surface area contributed by atoms with E-state index in [4.69, 9.17) is 11.6 Å². The van der Waals surface area contributed by atoms with Crippen LogP contribution in [0.25, 0.3) is 0 Å². The van der Waals surface area contributed by atoms with E-state index in [0.717, 1.165) is 17.8 Å². The van der Waals surface area contributed by atoms with Crippen molar-refractivity contribution in [3.8, 4) is 0 Å². The first-order valence-electron chi connectivity index (χ1n) is 8.46. The second-order valence-corrected chi connectivity index (χ2v) is 6.49. The van der Waals surface area contributed by atoms with Crippen LogP contribution < -0.4 is 10.6 Å². The van der Waals surface area contributed by atoms with Crippen LogP contribution in [0.4, 0.5) is 18.9 Å². The number of nitrogens with zero attached hydrogens (tertiary/aromatic N) is 3. The Balaban J connectivity index is 2.06. The number of carbonyl (C=O) groups excluding carboxylic acids is 1. The van der Waals surface area contributed by atoms with Gasteiger partial charge in [-0.15, -0.1) is 0 Å². The molecule has 0 spiro atoms. The number of halogens is 4. The minimum Gasteiger partial charge on any atom is -0.357 e. The van der Waals surface area contributed by atoms with E-state index in [1.54, 1.807) is 18.1 Å². The Bertz CT molecular complexity index is 884. The molecule has 1 aromatic heterocycles. The first-order chi connectivity index (χ1) is 13.2. The van der Waals surface area contributed by atoms with E-state index >= 15 is 0 Å². The molecule has 2 N–H and O–H groups in total. The monoisotopic (exact) mass is 415 g/mol. The molecule has 0 fully saturated rings. The van der Waals surface area contributed by atoms with Crippen molar-refractivity contribution in [2.45, 2.75) is 13.5 Å². The number of nitrogens with one attached hydrogen (secondary N) is 2. The Kier molecular flexibility index (Phi) is 7.33. The molecule has 0 saturated carbocycles. The summed E-state index contributed by atoms with van der Waals surface area (Å²) in [5, 5.41) is 5.84. The summed E-state index contributed by atoms with van der Waals surface area (Å²) < 4.78 is 41.7. The largest absolute Gasteiger partial charge is 0.357 e. The molecule has 0 bridgehead atoms. The van der Waals surface area contributed by atoms with Gasteiger partial charge in [0.1, 0.15) is 6.54 Å². The van der Waals surface area contributed by atoms with E-state index in [2.05, 4.69) is 15.6 Å². The molecular weight excluding hydrogens is 395 g/mol.